The van der Waals surface area contributed by atoms with Gasteiger partial charge in [0.15, 0.2) is 11.5 Å². The topological polar surface area (TPSA) is 65.4 Å². The van der Waals surface area contributed by atoms with Crippen LogP contribution in [0.1, 0.15) is 48.1 Å². The number of fused-ring (bicyclic) bond motifs is 1. The van der Waals surface area contributed by atoms with Gasteiger partial charge in [0.25, 0.3) is 5.91 Å². The molecule has 1 N–H and O–H groups in total. The van der Waals surface area contributed by atoms with Crippen LogP contribution < -0.4 is 14.8 Å². The summed E-state index contributed by atoms with van der Waals surface area (Å²) < 4.78 is 13.7. The number of para-hydroxylation sites is 2. The molecule has 0 aliphatic rings. The number of imidazole rings is 1. The third-order valence-electron chi connectivity index (χ3n) is 5.79. The molecule has 1 unspecified atom stereocenters. The van der Waals surface area contributed by atoms with E-state index in [1.807, 2.05) is 92.7 Å². The third kappa shape index (κ3) is 5.72. The van der Waals surface area contributed by atoms with Crippen molar-refractivity contribution in [1.29, 1.82) is 0 Å². The van der Waals surface area contributed by atoms with Crippen LogP contribution in [-0.4, -0.2) is 29.2 Å². The van der Waals surface area contributed by atoms with Gasteiger partial charge in [-0.2, -0.15) is 0 Å². The van der Waals surface area contributed by atoms with Crippen LogP contribution in [0.5, 0.6) is 11.5 Å². The van der Waals surface area contributed by atoms with Gasteiger partial charge in [-0.15, -0.1) is 0 Å². The first kappa shape index (κ1) is 24.1. The summed E-state index contributed by atoms with van der Waals surface area (Å²) >= 11 is 0. The molecule has 1 aromatic heterocycles. The first-order valence-electron chi connectivity index (χ1n) is 11.9. The maximum atomic E-state index is 12.7. The van der Waals surface area contributed by atoms with Gasteiger partial charge in [-0.3, -0.25) is 4.79 Å². The molecular formula is C29H31N3O3. The van der Waals surface area contributed by atoms with Crippen LogP contribution in [0.2, 0.25) is 0 Å². The summed E-state index contributed by atoms with van der Waals surface area (Å²) in [5, 5.41) is 3.09. The molecular weight excluding hydrogens is 438 g/mol. The number of hydrogen-bond donors (Lipinski definition) is 1. The first-order chi connectivity index (χ1) is 17.1. The number of carbonyl (C=O) groups is 1. The number of aromatic nitrogens is 2. The second kappa shape index (κ2) is 11.4. The fourth-order valence-corrected chi connectivity index (χ4v) is 4.10. The fourth-order valence-electron chi connectivity index (χ4n) is 4.10. The standard InChI is InChI=1S/C29H31N3O3/c1-4-11-22-16-17-26(27(20-22)34-3)35-19-10-18-32-25-15-9-8-14-24(25)31-28(32)21(2)30-29(33)23-12-6-5-7-13-23/h4-9,11-17,20-21H,10,18-19H2,1-3H3,(H,30,33)/b11-4+. The molecule has 0 aliphatic heterocycles. The summed E-state index contributed by atoms with van der Waals surface area (Å²) in [6, 6.07) is 22.9. The number of hydrogen-bond acceptors (Lipinski definition) is 4. The summed E-state index contributed by atoms with van der Waals surface area (Å²) in [7, 11) is 1.65. The molecule has 0 bridgehead atoms. The van der Waals surface area contributed by atoms with Crippen LogP contribution in [0, 0.1) is 0 Å². The van der Waals surface area contributed by atoms with Crippen LogP contribution in [0.3, 0.4) is 0 Å². The Labute approximate surface area is 206 Å². The summed E-state index contributed by atoms with van der Waals surface area (Å²) in [4.78, 5) is 17.5. The normalized spacial score (nSPS) is 12.1. The summed E-state index contributed by atoms with van der Waals surface area (Å²) in [5.74, 6) is 2.14. The molecule has 35 heavy (non-hydrogen) atoms. The number of aryl methyl sites for hydroxylation is 1. The summed E-state index contributed by atoms with van der Waals surface area (Å²) in [5.41, 5.74) is 3.64. The molecule has 3 aromatic carbocycles. The lowest BCUT2D eigenvalue weighted by Gasteiger charge is -2.17. The predicted molar refractivity (Wildman–Crippen MR) is 140 cm³/mol. The lowest BCUT2D eigenvalue weighted by Crippen LogP contribution is -2.28. The van der Waals surface area contributed by atoms with E-state index in [-0.39, 0.29) is 11.9 Å². The van der Waals surface area contributed by atoms with E-state index in [0.29, 0.717) is 24.5 Å². The SMILES string of the molecule is C/C=C/c1ccc(OCCCn2c(C(C)NC(=O)c3ccccc3)nc3ccccc32)c(OC)c1. The minimum atomic E-state index is -0.254. The lowest BCUT2D eigenvalue weighted by molar-refractivity contribution is 0.0937. The number of nitrogens with zero attached hydrogens (tertiary/aromatic N) is 2. The number of benzene rings is 3. The average Bonchev–Trinajstić information content (AvgIpc) is 3.26. The molecule has 0 saturated carbocycles. The second-order valence-corrected chi connectivity index (χ2v) is 8.28. The molecule has 0 saturated heterocycles. The van der Waals surface area contributed by atoms with Crippen LogP contribution in [0.4, 0.5) is 0 Å². The lowest BCUT2D eigenvalue weighted by atomic mass is 10.2. The molecule has 4 rings (SSSR count). The molecule has 1 heterocycles. The summed E-state index contributed by atoms with van der Waals surface area (Å²) in [6.07, 6.45) is 4.79. The second-order valence-electron chi connectivity index (χ2n) is 8.28. The van der Waals surface area contributed by atoms with E-state index in [9.17, 15) is 4.79 Å². The number of ether oxygens (including phenoxy) is 2. The van der Waals surface area contributed by atoms with Crippen molar-refractivity contribution >= 4 is 23.0 Å². The van der Waals surface area contributed by atoms with Gasteiger partial charge in [-0.05, 0) is 62.2 Å². The van der Waals surface area contributed by atoms with E-state index in [0.717, 1.165) is 34.6 Å². The molecule has 0 aliphatic carbocycles. The number of allylic oxidation sites excluding steroid dienone is 1. The zero-order valence-corrected chi connectivity index (χ0v) is 20.4. The number of rotatable bonds is 10. The van der Waals surface area contributed by atoms with Gasteiger partial charge < -0.3 is 19.4 Å². The van der Waals surface area contributed by atoms with Crippen molar-refractivity contribution in [3.63, 3.8) is 0 Å². The third-order valence-corrected chi connectivity index (χ3v) is 5.79. The highest BCUT2D eigenvalue weighted by Crippen LogP contribution is 2.29. The molecule has 0 radical (unpaired) electrons. The van der Waals surface area contributed by atoms with Gasteiger partial charge in [-0.1, -0.05) is 48.6 Å². The maximum Gasteiger partial charge on any atom is 0.251 e. The molecule has 1 amide bonds. The Hall–Kier alpha value is -4.06. The largest absolute Gasteiger partial charge is 0.493 e. The van der Waals surface area contributed by atoms with Gasteiger partial charge in [0, 0.05) is 12.1 Å². The zero-order valence-electron chi connectivity index (χ0n) is 20.4. The van der Waals surface area contributed by atoms with Crippen LogP contribution in [-0.2, 0) is 6.54 Å². The van der Waals surface area contributed by atoms with Crippen molar-refractivity contribution in [3.8, 4) is 11.5 Å². The van der Waals surface area contributed by atoms with Crippen LogP contribution in [0.15, 0.2) is 78.9 Å². The minimum absolute atomic E-state index is 0.117. The smallest absolute Gasteiger partial charge is 0.251 e. The monoisotopic (exact) mass is 469 g/mol. The molecule has 6 heteroatoms. The van der Waals surface area contributed by atoms with Gasteiger partial charge in [0.1, 0.15) is 5.82 Å². The highest BCUT2D eigenvalue weighted by molar-refractivity contribution is 5.94. The minimum Gasteiger partial charge on any atom is -0.493 e. The first-order valence-corrected chi connectivity index (χ1v) is 11.9. The van der Waals surface area contributed by atoms with Crippen molar-refractivity contribution in [3.05, 3.63) is 95.8 Å². The number of amides is 1. The van der Waals surface area contributed by atoms with E-state index < -0.39 is 0 Å². The Morgan fingerprint density at radius 3 is 2.60 bits per heavy atom. The molecule has 1 atom stereocenters. The van der Waals surface area contributed by atoms with Crippen molar-refractivity contribution in [2.75, 3.05) is 13.7 Å². The van der Waals surface area contributed by atoms with E-state index in [1.165, 1.54) is 0 Å². The van der Waals surface area contributed by atoms with E-state index in [2.05, 4.69) is 16.0 Å². The van der Waals surface area contributed by atoms with Gasteiger partial charge in [0.2, 0.25) is 0 Å². The van der Waals surface area contributed by atoms with Gasteiger partial charge in [-0.25, -0.2) is 4.98 Å². The van der Waals surface area contributed by atoms with E-state index in [1.54, 1.807) is 7.11 Å². The van der Waals surface area contributed by atoms with E-state index >= 15 is 0 Å². The number of carbonyl (C=O) groups excluding carboxylic acids is 1. The molecule has 180 valence electrons. The summed E-state index contributed by atoms with van der Waals surface area (Å²) in [6.45, 7) is 5.18. The Kier molecular flexibility index (Phi) is 7.83. The molecule has 4 aromatic rings. The maximum absolute atomic E-state index is 12.7. The Balaban J connectivity index is 1.46. The molecule has 6 nitrogen and oxygen atoms in total. The highest BCUT2D eigenvalue weighted by atomic mass is 16.5. The van der Waals surface area contributed by atoms with Crippen molar-refractivity contribution in [2.24, 2.45) is 0 Å². The quantitative estimate of drug-likeness (QED) is 0.288. The Morgan fingerprint density at radius 2 is 1.83 bits per heavy atom. The van der Waals surface area contributed by atoms with Crippen LogP contribution in [0.25, 0.3) is 17.1 Å². The fraction of sp³-hybridized carbons (Fsp3) is 0.241. The van der Waals surface area contributed by atoms with Crippen molar-refractivity contribution in [1.82, 2.24) is 14.9 Å². The predicted octanol–water partition coefficient (Wildman–Crippen LogP) is 6.04. The van der Waals surface area contributed by atoms with Gasteiger partial charge in [0.05, 0.1) is 30.8 Å². The molecule has 0 spiro atoms. The van der Waals surface area contributed by atoms with Crippen molar-refractivity contribution < 1.29 is 14.3 Å². The van der Waals surface area contributed by atoms with Crippen LogP contribution >= 0.6 is 0 Å². The number of methoxy groups -OCH3 is 1. The Bertz CT molecular complexity index is 1310. The van der Waals surface area contributed by atoms with Crippen molar-refractivity contribution in [2.45, 2.75) is 32.9 Å². The Morgan fingerprint density at radius 1 is 1.06 bits per heavy atom. The average molecular weight is 470 g/mol. The van der Waals surface area contributed by atoms with E-state index in [4.69, 9.17) is 14.5 Å². The van der Waals surface area contributed by atoms with Gasteiger partial charge >= 0.3 is 0 Å². The number of nitrogens with one attached hydrogen (secondary N) is 1. The zero-order chi connectivity index (χ0) is 24.6. The highest BCUT2D eigenvalue weighted by Gasteiger charge is 2.19. The molecule has 0 fully saturated rings.